The number of carbonyl (C=O) groups excluding carboxylic acids is 1. The van der Waals surface area contributed by atoms with Crippen LogP contribution in [0.2, 0.25) is 0 Å². The van der Waals surface area contributed by atoms with E-state index in [1.165, 1.54) is 12.1 Å². The molecule has 0 aliphatic rings. The van der Waals surface area contributed by atoms with E-state index in [4.69, 9.17) is 0 Å². The lowest BCUT2D eigenvalue weighted by atomic mass is 10.0. The number of fused-ring (bicyclic) bond motifs is 1. The zero-order valence-corrected chi connectivity index (χ0v) is 19.3. The third-order valence-electron chi connectivity index (χ3n) is 5.97. The molecule has 0 unspecified atom stereocenters. The summed E-state index contributed by atoms with van der Waals surface area (Å²) in [4.78, 5) is 12.8. The van der Waals surface area contributed by atoms with Gasteiger partial charge in [0.1, 0.15) is 11.6 Å². The number of hydrogen-bond donors (Lipinski definition) is 3. The van der Waals surface area contributed by atoms with E-state index in [-0.39, 0.29) is 25.3 Å². The number of aliphatic hydroxyl groups is 1. The van der Waals surface area contributed by atoms with Crippen LogP contribution in [0.1, 0.15) is 17.5 Å². The molecule has 0 fully saturated rings. The quantitative estimate of drug-likeness (QED) is 0.304. The summed E-state index contributed by atoms with van der Waals surface area (Å²) in [5.74, 6) is -1.63. The van der Waals surface area contributed by atoms with Crippen LogP contribution in [0.3, 0.4) is 0 Å². The van der Waals surface area contributed by atoms with E-state index in [9.17, 15) is 18.7 Å². The lowest BCUT2D eigenvalue weighted by Crippen LogP contribution is -2.48. The first-order chi connectivity index (χ1) is 17.0. The highest BCUT2D eigenvalue weighted by atomic mass is 19.1. The number of aromatic nitrogens is 1. The highest BCUT2D eigenvalue weighted by Gasteiger charge is 2.22. The molecule has 4 aromatic rings. The first-order valence-electron chi connectivity index (χ1n) is 11.7. The average Bonchev–Trinajstić information content (AvgIpc) is 3.25. The number of amides is 1. The van der Waals surface area contributed by atoms with E-state index in [1.54, 1.807) is 0 Å². The molecule has 7 heteroatoms. The van der Waals surface area contributed by atoms with Gasteiger partial charge in [0.15, 0.2) is 0 Å². The Bertz CT molecular complexity index is 1240. The summed E-state index contributed by atoms with van der Waals surface area (Å²) in [5, 5.41) is 18.0. The Labute approximate surface area is 203 Å². The molecule has 2 atom stereocenters. The Hall–Kier alpha value is -3.55. The van der Waals surface area contributed by atoms with E-state index < -0.39 is 23.8 Å². The molecule has 4 rings (SSSR count). The van der Waals surface area contributed by atoms with Crippen LogP contribution in [-0.2, 0) is 24.3 Å². The summed E-state index contributed by atoms with van der Waals surface area (Å²) in [5.41, 5.74) is 2.47. The molecule has 1 heterocycles. The van der Waals surface area contributed by atoms with Gasteiger partial charge in [-0.1, -0.05) is 48.5 Å². The third-order valence-corrected chi connectivity index (χ3v) is 5.97. The summed E-state index contributed by atoms with van der Waals surface area (Å²) in [6.07, 6.45) is 1.28. The Balaban J connectivity index is 1.39. The van der Waals surface area contributed by atoms with Gasteiger partial charge >= 0.3 is 0 Å². The third kappa shape index (κ3) is 6.97. The second-order valence-electron chi connectivity index (χ2n) is 8.66. The number of rotatable bonds is 11. The van der Waals surface area contributed by atoms with Gasteiger partial charge in [0.25, 0.3) is 0 Å². The van der Waals surface area contributed by atoms with Gasteiger partial charge in [0.2, 0.25) is 5.91 Å². The Morgan fingerprint density at radius 3 is 2.40 bits per heavy atom. The van der Waals surface area contributed by atoms with Gasteiger partial charge in [0, 0.05) is 43.8 Å². The van der Waals surface area contributed by atoms with Crippen molar-refractivity contribution in [3.63, 3.8) is 0 Å². The van der Waals surface area contributed by atoms with Crippen molar-refractivity contribution >= 4 is 16.8 Å². The number of nitrogens with zero attached hydrogens (tertiary/aromatic N) is 1. The summed E-state index contributed by atoms with van der Waals surface area (Å²) < 4.78 is 29.5. The summed E-state index contributed by atoms with van der Waals surface area (Å²) >= 11 is 0. The molecule has 3 N–H and O–H groups in total. The fourth-order valence-electron chi connectivity index (χ4n) is 4.21. The van der Waals surface area contributed by atoms with Gasteiger partial charge in [0.05, 0.1) is 12.1 Å². The van der Waals surface area contributed by atoms with Crippen molar-refractivity contribution in [1.29, 1.82) is 0 Å². The van der Waals surface area contributed by atoms with Gasteiger partial charge in [-0.25, -0.2) is 8.78 Å². The molecule has 0 saturated carbocycles. The molecule has 0 aliphatic heterocycles. The fraction of sp³-hybridized carbons (Fsp3) is 0.250. The van der Waals surface area contributed by atoms with Crippen molar-refractivity contribution < 1.29 is 18.7 Å². The summed E-state index contributed by atoms with van der Waals surface area (Å²) in [7, 11) is 0. The molecule has 35 heavy (non-hydrogen) atoms. The largest absolute Gasteiger partial charge is 0.390 e. The number of para-hydroxylation sites is 1. The Kier molecular flexibility index (Phi) is 8.23. The van der Waals surface area contributed by atoms with E-state index in [2.05, 4.69) is 10.6 Å². The van der Waals surface area contributed by atoms with Crippen molar-refractivity contribution in [3.05, 3.63) is 108 Å². The number of benzene rings is 3. The SMILES string of the molecule is O=C(CCn1ccc2ccccc21)N[C@@H](Cc1cc(F)cc(F)c1)[C@H](O)CNCc1ccccc1. The second-order valence-corrected chi connectivity index (χ2v) is 8.66. The van der Waals surface area contributed by atoms with Gasteiger partial charge < -0.3 is 20.3 Å². The normalized spacial score (nSPS) is 13.0. The predicted octanol–water partition coefficient (Wildman–Crippen LogP) is 4.19. The zero-order chi connectivity index (χ0) is 24.6. The topological polar surface area (TPSA) is 66.3 Å². The number of halogens is 2. The molecule has 0 saturated heterocycles. The van der Waals surface area contributed by atoms with Crippen molar-refractivity contribution in [3.8, 4) is 0 Å². The number of nitrogens with one attached hydrogen (secondary N) is 2. The number of hydrogen-bond acceptors (Lipinski definition) is 3. The minimum atomic E-state index is -0.957. The molecule has 3 aromatic carbocycles. The summed E-state index contributed by atoms with van der Waals surface area (Å²) in [6, 6.07) is 22.2. The molecule has 0 bridgehead atoms. The maximum absolute atomic E-state index is 13.7. The zero-order valence-electron chi connectivity index (χ0n) is 19.3. The molecule has 0 radical (unpaired) electrons. The summed E-state index contributed by atoms with van der Waals surface area (Å²) in [6.45, 7) is 1.23. The maximum Gasteiger partial charge on any atom is 0.222 e. The van der Waals surface area contributed by atoms with E-state index in [1.807, 2.05) is 71.4 Å². The first-order valence-corrected chi connectivity index (χ1v) is 11.7. The van der Waals surface area contributed by atoms with Crippen molar-refractivity contribution in [2.24, 2.45) is 0 Å². The number of aryl methyl sites for hydroxylation is 1. The van der Waals surface area contributed by atoms with Crippen molar-refractivity contribution in [2.75, 3.05) is 6.54 Å². The number of carbonyl (C=O) groups is 1. The molecule has 1 aromatic heterocycles. The van der Waals surface area contributed by atoms with Crippen LogP contribution in [0.15, 0.2) is 85.1 Å². The Morgan fingerprint density at radius 2 is 1.63 bits per heavy atom. The van der Waals surface area contributed by atoms with Crippen molar-refractivity contribution in [2.45, 2.75) is 38.1 Å². The van der Waals surface area contributed by atoms with Crippen LogP contribution in [-0.4, -0.2) is 34.3 Å². The monoisotopic (exact) mass is 477 g/mol. The highest BCUT2D eigenvalue weighted by Crippen LogP contribution is 2.16. The molecule has 1 amide bonds. The van der Waals surface area contributed by atoms with E-state index in [0.717, 1.165) is 22.5 Å². The maximum atomic E-state index is 13.7. The van der Waals surface area contributed by atoms with Crippen LogP contribution in [0.4, 0.5) is 8.78 Å². The smallest absolute Gasteiger partial charge is 0.222 e. The van der Waals surface area contributed by atoms with Gasteiger partial charge in [-0.2, -0.15) is 0 Å². The molecule has 182 valence electrons. The van der Waals surface area contributed by atoms with Gasteiger partial charge in [-0.15, -0.1) is 0 Å². The standard InChI is InChI=1S/C28H29F2N3O2/c29-23-14-21(15-24(30)17-23)16-25(27(34)19-31-18-20-6-2-1-3-7-20)32-28(35)11-13-33-12-10-22-8-4-5-9-26(22)33/h1-10,12,14-15,17,25,27,31,34H,11,13,16,18-19H2,(H,32,35)/t25-,27+/m0/s1. The van der Waals surface area contributed by atoms with Crippen LogP contribution in [0.25, 0.3) is 10.9 Å². The molecule has 5 nitrogen and oxygen atoms in total. The molecular weight excluding hydrogens is 448 g/mol. The minimum absolute atomic E-state index is 0.0983. The van der Waals surface area contributed by atoms with E-state index in [0.29, 0.717) is 18.7 Å². The lowest BCUT2D eigenvalue weighted by Gasteiger charge is -2.25. The van der Waals surface area contributed by atoms with Crippen LogP contribution >= 0.6 is 0 Å². The number of aliphatic hydroxyl groups excluding tert-OH is 1. The van der Waals surface area contributed by atoms with Crippen LogP contribution < -0.4 is 10.6 Å². The lowest BCUT2D eigenvalue weighted by molar-refractivity contribution is -0.122. The Morgan fingerprint density at radius 1 is 0.914 bits per heavy atom. The van der Waals surface area contributed by atoms with Gasteiger partial charge in [-0.3, -0.25) is 4.79 Å². The van der Waals surface area contributed by atoms with Crippen molar-refractivity contribution in [1.82, 2.24) is 15.2 Å². The van der Waals surface area contributed by atoms with Gasteiger partial charge in [-0.05, 0) is 47.2 Å². The minimum Gasteiger partial charge on any atom is -0.390 e. The first kappa shape index (κ1) is 24.6. The molecule has 0 spiro atoms. The average molecular weight is 478 g/mol. The fourth-order valence-corrected chi connectivity index (χ4v) is 4.21. The van der Waals surface area contributed by atoms with E-state index >= 15 is 0 Å². The van der Waals surface area contributed by atoms with Crippen LogP contribution in [0, 0.1) is 11.6 Å². The highest BCUT2D eigenvalue weighted by molar-refractivity contribution is 5.80. The predicted molar refractivity (Wildman–Crippen MR) is 133 cm³/mol. The molecule has 0 aliphatic carbocycles. The van der Waals surface area contributed by atoms with Crippen LogP contribution in [0.5, 0.6) is 0 Å². The second kappa shape index (κ2) is 11.7. The molecular formula is C28H29F2N3O2.